The summed E-state index contributed by atoms with van der Waals surface area (Å²) in [6.07, 6.45) is 6.45. The molecular formula is C14H25NO. The molecule has 0 aromatic rings. The van der Waals surface area contributed by atoms with Crippen LogP contribution in [0.15, 0.2) is 11.8 Å². The van der Waals surface area contributed by atoms with Gasteiger partial charge in [0.1, 0.15) is 0 Å². The van der Waals surface area contributed by atoms with Crippen molar-refractivity contribution in [1.29, 1.82) is 0 Å². The van der Waals surface area contributed by atoms with Crippen LogP contribution in [0.25, 0.3) is 0 Å². The Labute approximate surface area is 99.7 Å². The number of nitrogens with zero attached hydrogens (tertiary/aromatic N) is 1. The van der Waals surface area contributed by atoms with E-state index in [2.05, 4.69) is 25.7 Å². The Bertz CT molecular complexity index is 270. The van der Waals surface area contributed by atoms with E-state index >= 15 is 0 Å². The maximum absolute atomic E-state index is 11.8. The number of carbonyl (C=O) groups excluding carboxylic acids is 1. The van der Waals surface area contributed by atoms with Crippen molar-refractivity contribution in [1.82, 2.24) is 4.90 Å². The molecule has 92 valence electrons. The van der Waals surface area contributed by atoms with E-state index in [-0.39, 0.29) is 5.92 Å². The molecule has 1 rings (SSSR count). The molecule has 0 N–H and O–H groups in total. The van der Waals surface area contributed by atoms with Gasteiger partial charge in [-0.25, -0.2) is 0 Å². The van der Waals surface area contributed by atoms with Gasteiger partial charge in [-0.1, -0.05) is 33.6 Å². The predicted molar refractivity (Wildman–Crippen MR) is 68.2 cm³/mol. The Morgan fingerprint density at radius 2 is 1.94 bits per heavy atom. The Hall–Kier alpha value is -0.790. The van der Waals surface area contributed by atoms with Gasteiger partial charge in [-0.3, -0.25) is 4.79 Å². The lowest BCUT2D eigenvalue weighted by molar-refractivity contribution is -0.120. The number of hydrogen-bond acceptors (Lipinski definition) is 2. The number of carbonyl (C=O) groups is 1. The third kappa shape index (κ3) is 2.87. The maximum atomic E-state index is 11.8. The topological polar surface area (TPSA) is 20.3 Å². The zero-order valence-electron chi connectivity index (χ0n) is 11.1. The van der Waals surface area contributed by atoms with Crippen LogP contribution >= 0.6 is 0 Å². The van der Waals surface area contributed by atoms with Crippen LogP contribution in [0.1, 0.15) is 53.4 Å². The van der Waals surface area contributed by atoms with Crippen LogP contribution in [-0.2, 0) is 4.79 Å². The van der Waals surface area contributed by atoms with Gasteiger partial charge in [-0.05, 0) is 19.8 Å². The third-order valence-electron chi connectivity index (χ3n) is 3.60. The van der Waals surface area contributed by atoms with Gasteiger partial charge in [-0.15, -0.1) is 0 Å². The normalized spacial score (nSPS) is 25.9. The zero-order valence-corrected chi connectivity index (χ0v) is 11.1. The summed E-state index contributed by atoms with van der Waals surface area (Å²) < 4.78 is 0. The van der Waals surface area contributed by atoms with E-state index in [0.29, 0.717) is 11.8 Å². The highest BCUT2D eigenvalue weighted by Crippen LogP contribution is 2.26. The Morgan fingerprint density at radius 3 is 2.50 bits per heavy atom. The summed E-state index contributed by atoms with van der Waals surface area (Å²) >= 11 is 0. The van der Waals surface area contributed by atoms with E-state index in [0.717, 1.165) is 19.4 Å². The average Bonchev–Trinajstić information content (AvgIpc) is 2.26. The Balaban J connectivity index is 2.81. The highest BCUT2D eigenvalue weighted by Gasteiger charge is 2.30. The second-order valence-corrected chi connectivity index (χ2v) is 4.86. The van der Waals surface area contributed by atoms with Gasteiger partial charge in [-0.2, -0.15) is 0 Å². The molecule has 2 nitrogen and oxygen atoms in total. The van der Waals surface area contributed by atoms with Gasteiger partial charge in [0.05, 0.1) is 0 Å². The van der Waals surface area contributed by atoms with Crippen LogP contribution in [0.4, 0.5) is 0 Å². The van der Waals surface area contributed by atoms with Crippen molar-refractivity contribution in [3.8, 4) is 0 Å². The first kappa shape index (κ1) is 13.3. The molecule has 1 heterocycles. The monoisotopic (exact) mass is 223 g/mol. The van der Waals surface area contributed by atoms with Crippen LogP contribution in [0.2, 0.25) is 0 Å². The molecule has 0 saturated carbocycles. The molecule has 0 saturated heterocycles. The molecule has 1 aliphatic heterocycles. The van der Waals surface area contributed by atoms with E-state index in [4.69, 9.17) is 0 Å². The molecule has 0 aromatic heterocycles. The second kappa shape index (κ2) is 6.07. The largest absolute Gasteiger partial charge is 0.371 e. The van der Waals surface area contributed by atoms with E-state index in [1.165, 1.54) is 18.5 Å². The zero-order chi connectivity index (χ0) is 12.1. The van der Waals surface area contributed by atoms with E-state index in [1.54, 1.807) is 0 Å². The summed E-state index contributed by atoms with van der Waals surface area (Å²) in [5.74, 6) is 0.459. The van der Waals surface area contributed by atoms with E-state index in [1.807, 2.05) is 13.0 Å². The first-order valence-electron chi connectivity index (χ1n) is 6.62. The van der Waals surface area contributed by atoms with Crippen molar-refractivity contribution in [3.63, 3.8) is 0 Å². The molecular weight excluding hydrogens is 198 g/mol. The quantitative estimate of drug-likeness (QED) is 0.712. The first-order valence-corrected chi connectivity index (χ1v) is 6.62. The van der Waals surface area contributed by atoms with Gasteiger partial charge < -0.3 is 4.90 Å². The van der Waals surface area contributed by atoms with Gasteiger partial charge in [0.25, 0.3) is 0 Å². The van der Waals surface area contributed by atoms with Crippen molar-refractivity contribution in [2.75, 3.05) is 6.54 Å². The van der Waals surface area contributed by atoms with Crippen LogP contribution in [0, 0.1) is 5.92 Å². The number of hydrogen-bond donors (Lipinski definition) is 0. The molecule has 2 unspecified atom stereocenters. The molecule has 0 radical (unpaired) electrons. The number of allylic oxidation sites excluding steroid dienone is 2. The van der Waals surface area contributed by atoms with Gasteiger partial charge in [0.2, 0.25) is 0 Å². The van der Waals surface area contributed by atoms with Crippen LogP contribution < -0.4 is 0 Å². The van der Waals surface area contributed by atoms with Crippen molar-refractivity contribution in [2.24, 2.45) is 5.92 Å². The number of rotatable bonds is 5. The van der Waals surface area contributed by atoms with Crippen molar-refractivity contribution < 1.29 is 4.79 Å². The molecule has 0 spiro atoms. The van der Waals surface area contributed by atoms with Gasteiger partial charge >= 0.3 is 0 Å². The molecule has 0 aliphatic carbocycles. The summed E-state index contributed by atoms with van der Waals surface area (Å²) in [5, 5.41) is 0. The van der Waals surface area contributed by atoms with Crippen molar-refractivity contribution in [3.05, 3.63) is 11.8 Å². The fraction of sp³-hybridized carbons (Fsp3) is 0.786. The first-order chi connectivity index (χ1) is 7.61. The van der Waals surface area contributed by atoms with Crippen LogP contribution in [-0.4, -0.2) is 23.3 Å². The minimum atomic E-state index is 0.150. The summed E-state index contributed by atoms with van der Waals surface area (Å²) in [6, 6.07) is 0.366. The third-order valence-corrected chi connectivity index (χ3v) is 3.60. The fourth-order valence-corrected chi connectivity index (χ4v) is 2.30. The molecule has 2 atom stereocenters. The highest BCUT2D eigenvalue weighted by atomic mass is 16.1. The van der Waals surface area contributed by atoms with Gasteiger partial charge in [0.15, 0.2) is 5.78 Å². The molecule has 0 bridgehead atoms. The minimum absolute atomic E-state index is 0.150. The predicted octanol–water partition coefficient (Wildman–Crippen LogP) is 3.38. The molecule has 0 fully saturated rings. The minimum Gasteiger partial charge on any atom is -0.371 e. The molecule has 1 aliphatic rings. The summed E-state index contributed by atoms with van der Waals surface area (Å²) in [4.78, 5) is 14.2. The molecule has 2 heteroatoms. The number of unbranched alkanes of at least 4 members (excludes halogenated alkanes) is 1. The number of ketones is 1. The molecule has 16 heavy (non-hydrogen) atoms. The lowest BCUT2D eigenvalue weighted by Crippen LogP contribution is -2.44. The van der Waals surface area contributed by atoms with Crippen molar-refractivity contribution >= 4 is 5.78 Å². The average molecular weight is 223 g/mol. The van der Waals surface area contributed by atoms with Crippen molar-refractivity contribution in [2.45, 2.75) is 59.4 Å². The van der Waals surface area contributed by atoms with E-state index < -0.39 is 0 Å². The lowest BCUT2D eigenvalue weighted by atomic mass is 9.90. The molecule has 0 amide bonds. The summed E-state index contributed by atoms with van der Waals surface area (Å²) in [7, 11) is 0. The second-order valence-electron chi connectivity index (χ2n) is 4.86. The van der Waals surface area contributed by atoms with Gasteiger partial charge in [0, 0.05) is 30.3 Å². The molecule has 0 aromatic carbocycles. The van der Waals surface area contributed by atoms with Crippen LogP contribution in [0.3, 0.4) is 0 Å². The highest BCUT2D eigenvalue weighted by molar-refractivity contribution is 5.93. The smallest absolute Gasteiger partial charge is 0.162 e. The Morgan fingerprint density at radius 1 is 1.25 bits per heavy atom. The van der Waals surface area contributed by atoms with E-state index in [9.17, 15) is 4.79 Å². The Kier molecular flexibility index (Phi) is 5.04. The SMILES string of the molecule is CCCCN1C(CCC)=CC(=O)C(C)C1C. The fourth-order valence-electron chi connectivity index (χ4n) is 2.30. The summed E-state index contributed by atoms with van der Waals surface area (Å²) in [6.45, 7) is 9.71. The summed E-state index contributed by atoms with van der Waals surface area (Å²) in [5.41, 5.74) is 1.26. The lowest BCUT2D eigenvalue weighted by Gasteiger charge is -2.39. The standard InChI is InChI=1S/C14H25NO/c1-5-7-9-15-12(4)11(3)14(16)10-13(15)8-6-2/h10-12H,5-9H2,1-4H3. The van der Waals surface area contributed by atoms with Crippen LogP contribution in [0.5, 0.6) is 0 Å². The maximum Gasteiger partial charge on any atom is 0.162 e.